The Morgan fingerprint density at radius 3 is 2.78 bits per heavy atom. The van der Waals surface area contributed by atoms with Crippen LogP contribution in [0.25, 0.3) is 0 Å². The van der Waals surface area contributed by atoms with E-state index in [-0.39, 0.29) is 30.6 Å². The van der Waals surface area contributed by atoms with Crippen LogP contribution in [-0.2, 0) is 19.9 Å². The molecule has 0 unspecified atom stereocenters. The number of hydrogen-bond donors (Lipinski definition) is 1. The number of hydrogen-bond acceptors (Lipinski definition) is 6. The fraction of sp³-hybridized carbons (Fsp3) is 0.348. The maximum Gasteiger partial charge on any atom is 0.250 e. The third kappa shape index (κ3) is 1.96. The maximum absolute atomic E-state index is 13.9. The van der Waals surface area contributed by atoms with E-state index in [1.807, 2.05) is 6.07 Å². The molecule has 5 aliphatic heterocycles. The Balaban J connectivity index is 1.41. The molecular weight excluding hydrogens is 434 g/mol. The van der Waals surface area contributed by atoms with Gasteiger partial charge in [-0.3, -0.25) is 19.3 Å². The second-order valence-electron chi connectivity index (χ2n) is 8.84. The summed E-state index contributed by atoms with van der Waals surface area (Å²) in [7, 11) is 0. The molecule has 3 fully saturated rings. The zero-order valence-electron chi connectivity index (χ0n) is 16.8. The standard InChI is InChI=1S/C23H18ClN3O5/c24-13-4-1-3-12-19(13)25-22(30)23(12)18-17(14-5-2-8-26(14)23)20(28)27(21(18)29)11-6-7-15-16(9-11)32-10-31-15/h1,3-4,6-7,9,14,17-18H,2,5,8,10H2,(H,25,30)/t14-,17+,18-,23+/m0/s1. The lowest BCUT2D eigenvalue weighted by molar-refractivity contribution is -0.135. The molecule has 5 heterocycles. The Morgan fingerprint density at radius 2 is 1.91 bits per heavy atom. The summed E-state index contributed by atoms with van der Waals surface area (Å²) in [5, 5.41) is 3.34. The van der Waals surface area contributed by atoms with Gasteiger partial charge in [-0.15, -0.1) is 0 Å². The first-order valence-corrected chi connectivity index (χ1v) is 11.1. The fourth-order valence-electron chi connectivity index (χ4n) is 6.47. The number of nitrogens with zero attached hydrogens (tertiary/aromatic N) is 2. The number of halogens is 1. The number of rotatable bonds is 1. The summed E-state index contributed by atoms with van der Waals surface area (Å²) in [5.41, 5.74) is 0.419. The number of para-hydroxylation sites is 1. The predicted molar refractivity (Wildman–Crippen MR) is 114 cm³/mol. The summed E-state index contributed by atoms with van der Waals surface area (Å²) in [5.74, 6) is -1.25. The van der Waals surface area contributed by atoms with Gasteiger partial charge in [-0.25, -0.2) is 4.90 Å². The lowest BCUT2D eigenvalue weighted by Crippen LogP contribution is -2.54. The van der Waals surface area contributed by atoms with Crippen LogP contribution in [0.3, 0.4) is 0 Å². The minimum Gasteiger partial charge on any atom is -0.454 e. The van der Waals surface area contributed by atoms with Crippen LogP contribution in [0.5, 0.6) is 11.5 Å². The van der Waals surface area contributed by atoms with E-state index in [0.29, 0.717) is 40.0 Å². The molecule has 2 aromatic rings. The number of anilines is 2. The number of nitrogens with one attached hydrogen (secondary N) is 1. The molecule has 0 bridgehead atoms. The Morgan fingerprint density at radius 1 is 1.06 bits per heavy atom. The van der Waals surface area contributed by atoms with Crippen molar-refractivity contribution in [2.75, 3.05) is 23.6 Å². The highest BCUT2D eigenvalue weighted by molar-refractivity contribution is 6.35. The molecule has 0 radical (unpaired) electrons. The third-order valence-electron chi connectivity index (χ3n) is 7.59. The largest absolute Gasteiger partial charge is 0.454 e. The second kappa shape index (κ2) is 6.02. The van der Waals surface area contributed by atoms with Gasteiger partial charge in [0.1, 0.15) is 5.54 Å². The first-order chi connectivity index (χ1) is 15.5. The summed E-state index contributed by atoms with van der Waals surface area (Å²) in [6.45, 7) is 0.755. The van der Waals surface area contributed by atoms with Crippen LogP contribution in [0.1, 0.15) is 18.4 Å². The highest BCUT2D eigenvalue weighted by Gasteiger charge is 2.74. The molecule has 3 saturated heterocycles. The number of carbonyl (C=O) groups excluding carboxylic acids is 3. The summed E-state index contributed by atoms with van der Waals surface area (Å²) in [6, 6.07) is 10.2. The minimum atomic E-state index is -1.23. The molecule has 8 nitrogen and oxygen atoms in total. The van der Waals surface area contributed by atoms with Gasteiger partial charge in [0.15, 0.2) is 11.5 Å². The fourth-order valence-corrected chi connectivity index (χ4v) is 6.70. The van der Waals surface area contributed by atoms with Crippen LogP contribution in [0.15, 0.2) is 36.4 Å². The van der Waals surface area contributed by atoms with Gasteiger partial charge in [-0.2, -0.15) is 0 Å². The van der Waals surface area contributed by atoms with Gasteiger partial charge in [0.2, 0.25) is 18.6 Å². The Hall–Kier alpha value is -3.10. The zero-order chi connectivity index (χ0) is 21.8. The van der Waals surface area contributed by atoms with Gasteiger partial charge in [0.05, 0.1) is 28.2 Å². The molecule has 2 aromatic carbocycles. The molecule has 1 spiro atoms. The second-order valence-corrected chi connectivity index (χ2v) is 9.25. The van der Waals surface area contributed by atoms with Gasteiger partial charge < -0.3 is 14.8 Å². The van der Waals surface area contributed by atoms with E-state index in [2.05, 4.69) is 10.2 Å². The molecule has 1 N–H and O–H groups in total. The highest BCUT2D eigenvalue weighted by Crippen LogP contribution is 2.61. The Kier molecular flexibility index (Phi) is 3.48. The van der Waals surface area contributed by atoms with E-state index in [9.17, 15) is 14.4 Å². The first kappa shape index (κ1) is 18.5. The van der Waals surface area contributed by atoms with Gasteiger partial charge in [-0.1, -0.05) is 23.7 Å². The third-order valence-corrected chi connectivity index (χ3v) is 7.91. The molecule has 0 aromatic heterocycles. The van der Waals surface area contributed by atoms with Crippen LogP contribution in [0, 0.1) is 11.8 Å². The van der Waals surface area contributed by atoms with E-state index < -0.39 is 17.4 Å². The quantitative estimate of drug-likeness (QED) is 0.670. The zero-order valence-corrected chi connectivity index (χ0v) is 17.6. The normalized spacial score (nSPS) is 32.0. The lowest BCUT2D eigenvalue weighted by atomic mass is 9.75. The summed E-state index contributed by atoms with van der Waals surface area (Å²) in [4.78, 5) is 44.6. The van der Waals surface area contributed by atoms with Crippen molar-refractivity contribution in [1.29, 1.82) is 0 Å². The molecular formula is C23H18ClN3O5. The Bertz CT molecular complexity index is 1250. The minimum absolute atomic E-state index is 0.101. The number of fused-ring (bicyclic) bond motifs is 8. The van der Waals surface area contributed by atoms with Crippen molar-refractivity contribution in [2.45, 2.75) is 24.4 Å². The van der Waals surface area contributed by atoms with Crippen LogP contribution >= 0.6 is 11.6 Å². The van der Waals surface area contributed by atoms with Crippen molar-refractivity contribution in [3.63, 3.8) is 0 Å². The number of benzene rings is 2. The summed E-state index contributed by atoms with van der Waals surface area (Å²) in [6.07, 6.45) is 1.63. The SMILES string of the molecule is O=C1[C@H]2[C@@H](C(=O)N1c1ccc3c(c1)OCO3)[C@]1(C(=O)Nc3c(Cl)cccc31)N1CCC[C@@H]21. The van der Waals surface area contributed by atoms with E-state index in [0.717, 1.165) is 12.8 Å². The summed E-state index contributed by atoms with van der Waals surface area (Å²) >= 11 is 6.40. The molecule has 32 heavy (non-hydrogen) atoms. The van der Waals surface area contributed by atoms with Crippen molar-refractivity contribution in [2.24, 2.45) is 11.8 Å². The number of ether oxygens (including phenoxy) is 2. The van der Waals surface area contributed by atoms with Crippen molar-refractivity contribution < 1.29 is 23.9 Å². The molecule has 0 aliphatic carbocycles. The van der Waals surface area contributed by atoms with Crippen LogP contribution in [0.4, 0.5) is 11.4 Å². The average molecular weight is 452 g/mol. The monoisotopic (exact) mass is 451 g/mol. The van der Waals surface area contributed by atoms with Crippen LogP contribution in [-0.4, -0.2) is 42.0 Å². The Labute approximate surface area is 188 Å². The molecule has 7 rings (SSSR count). The van der Waals surface area contributed by atoms with Crippen molar-refractivity contribution >= 4 is 40.7 Å². The van der Waals surface area contributed by atoms with E-state index in [1.165, 1.54) is 4.90 Å². The number of amides is 3. The van der Waals surface area contributed by atoms with Gasteiger partial charge >= 0.3 is 0 Å². The summed E-state index contributed by atoms with van der Waals surface area (Å²) < 4.78 is 10.8. The van der Waals surface area contributed by atoms with E-state index >= 15 is 0 Å². The molecule has 162 valence electrons. The smallest absolute Gasteiger partial charge is 0.250 e. The molecule has 3 amide bonds. The highest BCUT2D eigenvalue weighted by atomic mass is 35.5. The van der Waals surface area contributed by atoms with Gasteiger partial charge in [-0.05, 0) is 37.6 Å². The lowest BCUT2D eigenvalue weighted by Gasteiger charge is -2.36. The molecule has 5 aliphatic rings. The van der Waals surface area contributed by atoms with Crippen LogP contribution < -0.4 is 19.7 Å². The number of carbonyl (C=O) groups is 3. The van der Waals surface area contributed by atoms with Gasteiger partial charge in [0, 0.05) is 17.7 Å². The van der Waals surface area contributed by atoms with Crippen LogP contribution in [0.2, 0.25) is 5.02 Å². The van der Waals surface area contributed by atoms with Gasteiger partial charge in [0.25, 0.3) is 5.91 Å². The van der Waals surface area contributed by atoms with Crippen molar-refractivity contribution in [1.82, 2.24) is 4.90 Å². The van der Waals surface area contributed by atoms with Crippen molar-refractivity contribution in [3.05, 3.63) is 47.0 Å². The first-order valence-electron chi connectivity index (χ1n) is 10.7. The van der Waals surface area contributed by atoms with Crippen molar-refractivity contribution in [3.8, 4) is 11.5 Å². The maximum atomic E-state index is 13.9. The van der Waals surface area contributed by atoms with E-state index in [4.69, 9.17) is 21.1 Å². The average Bonchev–Trinajstić information content (AvgIpc) is 3.55. The molecule has 9 heteroatoms. The predicted octanol–water partition coefficient (Wildman–Crippen LogP) is 2.50. The molecule has 0 saturated carbocycles. The molecule has 4 atom stereocenters. The van der Waals surface area contributed by atoms with E-state index in [1.54, 1.807) is 30.3 Å². The number of imide groups is 1. The topological polar surface area (TPSA) is 88.2 Å².